The fourth-order valence-corrected chi connectivity index (χ4v) is 3.63. The normalized spacial score (nSPS) is 15.1. The van der Waals surface area contributed by atoms with E-state index in [1.165, 1.54) is 5.57 Å². The Morgan fingerprint density at radius 1 is 0.931 bits per heavy atom. The standard InChI is InChI=1S/C25H24N2O2/c1-28-22-10-11-23(24(16-22)29-2)19-7-3-6-18(14-19)15-20-8-5-13-27-25(20)21-9-4-12-26-17-21/h3-4,6-7,9-12,14-17H,5,8,13H2,1-2H3. The summed E-state index contributed by atoms with van der Waals surface area (Å²) in [7, 11) is 3.34. The Bertz CT molecular complexity index is 1060. The number of aliphatic imine (C=N–C) groups is 1. The molecule has 0 N–H and O–H groups in total. The minimum atomic E-state index is 0.781. The Hall–Kier alpha value is -3.40. The molecule has 1 aromatic heterocycles. The maximum atomic E-state index is 5.59. The average Bonchev–Trinajstić information content (AvgIpc) is 2.79. The van der Waals surface area contributed by atoms with Crippen LogP contribution in [0, 0.1) is 0 Å². The number of hydrogen-bond donors (Lipinski definition) is 0. The molecule has 0 spiro atoms. The van der Waals surface area contributed by atoms with Crippen LogP contribution in [0.15, 0.2) is 77.6 Å². The van der Waals surface area contributed by atoms with Crippen LogP contribution in [0.5, 0.6) is 11.5 Å². The van der Waals surface area contributed by atoms with E-state index in [0.717, 1.165) is 58.9 Å². The van der Waals surface area contributed by atoms with Gasteiger partial charge >= 0.3 is 0 Å². The van der Waals surface area contributed by atoms with Crippen molar-refractivity contribution in [2.75, 3.05) is 20.8 Å². The van der Waals surface area contributed by atoms with Crippen molar-refractivity contribution in [3.8, 4) is 22.6 Å². The third-order valence-electron chi connectivity index (χ3n) is 5.06. The van der Waals surface area contributed by atoms with Crippen LogP contribution < -0.4 is 9.47 Å². The summed E-state index contributed by atoms with van der Waals surface area (Å²) in [5.41, 5.74) is 6.67. The summed E-state index contributed by atoms with van der Waals surface area (Å²) < 4.78 is 10.9. The Kier molecular flexibility index (Phi) is 5.71. The molecule has 0 aliphatic carbocycles. The number of allylic oxidation sites excluding steroid dienone is 1. The predicted octanol–water partition coefficient (Wildman–Crippen LogP) is 5.43. The van der Waals surface area contributed by atoms with E-state index < -0.39 is 0 Å². The molecule has 1 aliphatic rings. The highest BCUT2D eigenvalue weighted by Gasteiger charge is 2.14. The Morgan fingerprint density at radius 2 is 1.83 bits per heavy atom. The molecule has 4 heteroatoms. The minimum absolute atomic E-state index is 0.781. The van der Waals surface area contributed by atoms with Crippen LogP contribution in [0.1, 0.15) is 24.0 Å². The largest absolute Gasteiger partial charge is 0.497 e. The van der Waals surface area contributed by atoms with Gasteiger partial charge in [0.15, 0.2) is 0 Å². The summed E-state index contributed by atoms with van der Waals surface area (Å²) in [6.07, 6.45) is 8.01. The Labute approximate surface area is 171 Å². The van der Waals surface area contributed by atoms with E-state index in [1.807, 2.05) is 30.5 Å². The lowest BCUT2D eigenvalue weighted by Crippen LogP contribution is -2.11. The molecule has 0 atom stereocenters. The smallest absolute Gasteiger partial charge is 0.130 e. The first-order valence-electron chi connectivity index (χ1n) is 9.77. The highest BCUT2D eigenvalue weighted by molar-refractivity contribution is 6.15. The molecule has 3 aromatic rings. The van der Waals surface area contributed by atoms with Gasteiger partial charge in [-0.25, -0.2) is 0 Å². The predicted molar refractivity (Wildman–Crippen MR) is 118 cm³/mol. The van der Waals surface area contributed by atoms with Crippen molar-refractivity contribution < 1.29 is 9.47 Å². The quantitative estimate of drug-likeness (QED) is 0.589. The van der Waals surface area contributed by atoms with E-state index in [-0.39, 0.29) is 0 Å². The first kappa shape index (κ1) is 18.9. The van der Waals surface area contributed by atoms with Crippen molar-refractivity contribution in [1.82, 2.24) is 4.98 Å². The van der Waals surface area contributed by atoms with Gasteiger partial charge in [-0.1, -0.05) is 18.2 Å². The lowest BCUT2D eigenvalue weighted by Gasteiger charge is -2.16. The molecule has 0 bridgehead atoms. The number of aromatic nitrogens is 1. The third-order valence-corrected chi connectivity index (χ3v) is 5.06. The van der Waals surface area contributed by atoms with Crippen LogP contribution in [0.3, 0.4) is 0 Å². The second-order valence-electron chi connectivity index (χ2n) is 6.94. The van der Waals surface area contributed by atoms with Gasteiger partial charge in [-0.2, -0.15) is 0 Å². The first-order valence-corrected chi connectivity index (χ1v) is 9.77. The number of benzene rings is 2. The summed E-state index contributed by atoms with van der Waals surface area (Å²) >= 11 is 0. The van der Waals surface area contributed by atoms with Gasteiger partial charge in [0.25, 0.3) is 0 Å². The molecule has 4 nitrogen and oxygen atoms in total. The van der Waals surface area contributed by atoms with Crippen LogP contribution in [-0.2, 0) is 0 Å². The minimum Gasteiger partial charge on any atom is -0.497 e. The molecule has 146 valence electrons. The molecule has 0 radical (unpaired) electrons. The van der Waals surface area contributed by atoms with E-state index in [9.17, 15) is 0 Å². The molecular formula is C25H24N2O2. The number of ether oxygens (including phenoxy) is 2. The lowest BCUT2D eigenvalue weighted by atomic mass is 9.94. The van der Waals surface area contributed by atoms with Crippen molar-refractivity contribution in [3.05, 3.63) is 83.7 Å². The van der Waals surface area contributed by atoms with Crippen LogP contribution in [0.2, 0.25) is 0 Å². The van der Waals surface area contributed by atoms with Crippen molar-refractivity contribution in [2.45, 2.75) is 12.8 Å². The highest BCUT2D eigenvalue weighted by atomic mass is 16.5. The summed E-state index contributed by atoms with van der Waals surface area (Å²) in [6, 6.07) is 18.4. The summed E-state index contributed by atoms with van der Waals surface area (Å²) in [4.78, 5) is 9.03. The zero-order chi connectivity index (χ0) is 20.1. The van der Waals surface area contributed by atoms with Crippen molar-refractivity contribution in [3.63, 3.8) is 0 Å². The van der Waals surface area contributed by atoms with Gasteiger partial charge < -0.3 is 9.47 Å². The summed E-state index contributed by atoms with van der Waals surface area (Å²) in [5.74, 6) is 1.58. The monoisotopic (exact) mass is 384 g/mol. The van der Waals surface area contributed by atoms with E-state index in [1.54, 1.807) is 20.4 Å². The van der Waals surface area contributed by atoms with Gasteiger partial charge in [-0.05, 0) is 65.9 Å². The van der Waals surface area contributed by atoms with Crippen molar-refractivity contribution in [2.24, 2.45) is 4.99 Å². The molecule has 2 aromatic carbocycles. The number of pyridine rings is 1. The second-order valence-corrected chi connectivity index (χ2v) is 6.94. The van der Waals surface area contributed by atoms with Gasteiger partial charge in [-0.3, -0.25) is 9.98 Å². The van der Waals surface area contributed by atoms with Gasteiger partial charge in [0.1, 0.15) is 11.5 Å². The third kappa shape index (κ3) is 4.21. The fraction of sp³-hybridized carbons (Fsp3) is 0.200. The molecule has 0 amide bonds. The fourth-order valence-electron chi connectivity index (χ4n) is 3.63. The van der Waals surface area contributed by atoms with Crippen molar-refractivity contribution >= 4 is 11.8 Å². The Balaban J connectivity index is 1.71. The molecule has 0 saturated carbocycles. The zero-order valence-corrected chi connectivity index (χ0v) is 16.8. The molecular weight excluding hydrogens is 360 g/mol. The maximum absolute atomic E-state index is 5.59. The van der Waals surface area contributed by atoms with E-state index in [2.05, 4.69) is 41.4 Å². The topological polar surface area (TPSA) is 43.7 Å². The van der Waals surface area contributed by atoms with E-state index in [0.29, 0.717) is 0 Å². The van der Waals surface area contributed by atoms with E-state index >= 15 is 0 Å². The number of methoxy groups -OCH3 is 2. The molecule has 29 heavy (non-hydrogen) atoms. The summed E-state index contributed by atoms with van der Waals surface area (Å²) in [5, 5.41) is 0. The lowest BCUT2D eigenvalue weighted by molar-refractivity contribution is 0.395. The van der Waals surface area contributed by atoms with Crippen molar-refractivity contribution in [1.29, 1.82) is 0 Å². The number of hydrogen-bond acceptors (Lipinski definition) is 4. The van der Waals surface area contributed by atoms with Crippen LogP contribution in [0.25, 0.3) is 17.2 Å². The van der Waals surface area contributed by atoms with E-state index in [4.69, 9.17) is 14.5 Å². The number of rotatable bonds is 5. The molecule has 0 unspecified atom stereocenters. The van der Waals surface area contributed by atoms with Crippen LogP contribution in [-0.4, -0.2) is 31.5 Å². The van der Waals surface area contributed by atoms with Gasteiger partial charge in [-0.15, -0.1) is 0 Å². The molecule has 0 fully saturated rings. The van der Waals surface area contributed by atoms with Crippen LogP contribution >= 0.6 is 0 Å². The van der Waals surface area contributed by atoms with Gasteiger partial charge in [0, 0.05) is 36.1 Å². The molecule has 4 rings (SSSR count). The molecule has 2 heterocycles. The molecule has 0 saturated heterocycles. The SMILES string of the molecule is COc1ccc(-c2cccc(C=C3CCCN=C3c3cccnc3)c2)c(OC)c1. The van der Waals surface area contributed by atoms with Gasteiger partial charge in [0.05, 0.1) is 19.9 Å². The summed E-state index contributed by atoms with van der Waals surface area (Å²) in [6.45, 7) is 0.866. The number of nitrogens with zero attached hydrogens (tertiary/aromatic N) is 2. The first-order chi connectivity index (χ1) is 14.3. The maximum Gasteiger partial charge on any atom is 0.130 e. The average molecular weight is 384 g/mol. The zero-order valence-electron chi connectivity index (χ0n) is 16.8. The Morgan fingerprint density at radius 3 is 2.62 bits per heavy atom. The highest BCUT2D eigenvalue weighted by Crippen LogP contribution is 2.34. The van der Waals surface area contributed by atoms with Gasteiger partial charge in [0.2, 0.25) is 0 Å². The molecule has 1 aliphatic heterocycles. The second kappa shape index (κ2) is 8.74. The van der Waals surface area contributed by atoms with Crippen LogP contribution in [0.4, 0.5) is 0 Å².